The smallest absolute Gasteiger partial charge is 0.255 e. The molecule has 0 spiro atoms. The van der Waals surface area contributed by atoms with Gasteiger partial charge in [-0.25, -0.2) is 9.67 Å². The number of likely N-dealkylation sites (N-methyl/N-ethyl adjacent to an activating group) is 1. The van der Waals surface area contributed by atoms with Crippen molar-refractivity contribution in [2.45, 2.75) is 0 Å². The zero-order valence-electron chi connectivity index (χ0n) is 19.4. The molecule has 4 aromatic rings. The highest BCUT2D eigenvalue weighted by Crippen LogP contribution is 2.30. The number of rotatable bonds is 9. The monoisotopic (exact) mass is 457 g/mol. The highest BCUT2D eigenvalue weighted by Gasteiger charge is 2.11. The Morgan fingerprint density at radius 2 is 1.68 bits per heavy atom. The minimum absolute atomic E-state index is 0.197. The van der Waals surface area contributed by atoms with Crippen LogP contribution in [0.1, 0.15) is 10.4 Å². The maximum absolute atomic E-state index is 12.8. The van der Waals surface area contributed by atoms with E-state index in [0.717, 1.165) is 23.4 Å². The summed E-state index contributed by atoms with van der Waals surface area (Å²) in [5.41, 5.74) is 4.20. The Morgan fingerprint density at radius 1 is 0.971 bits per heavy atom. The summed E-state index contributed by atoms with van der Waals surface area (Å²) in [7, 11) is 5.56. The molecular formula is C26H27N5O3. The Labute approximate surface area is 198 Å². The van der Waals surface area contributed by atoms with Gasteiger partial charge in [0.1, 0.15) is 19.3 Å². The lowest BCUT2D eigenvalue weighted by atomic mass is 10.0. The second-order valence-corrected chi connectivity index (χ2v) is 7.94. The van der Waals surface area contributed by atoms with E-state index >= 15 is 0 Å². The van der Waals surface area contributed by atoms with Gasteiger partial charge in [-0.1, -0.05) is 24.3 Å². The molecule has 0 radical (unpaired) electrons. The molecule has 8 heteroatoms. The largest absolute Gasteiger partial charge is 0.493 e. The van der Waals surface area contributed by atoms with Crippen LogP contribution in [0.15, 0.2) is 79.4 Å². The van der Waals surface area contributed by atoms with Crippen molar-refractivity contribution in [3.8, 4) is 28.3 Å². The molecule has 0 unspecified atom stereocenters. The SMILES string of the molecule is COc1ccc(NC(=O)c2ccc(-c3ccc(-n4cncn4)cc3)cc2)cc1OCCN(C)C. The van der Waals surface area contributed by atoms with Crippen LogP contribution in [0, 0.1) is 0 Å². The van der Waals surface area contributed by atoms with Crippen molar-refractivity contribution in [2.24, 2.45) is 0 Å². The molecule has 0 fully saturated rings. The molecular weight excluding hydrogens is 430 g/mol. The van der Waals surface area contributed by atoms with E-state index in [-0.39, 0.29) is 5.91 Å². The zero-order chi connectivity index (χ0) is 23.9. The van der Waals surface area contributed by atoms with Crippen molar-refractivity contribution in [3.05, 3.63) is 84.9 Å². The number of anilines is 1. The number of aromatic nitrogens is 3. The molecule has 0 atom stereocenters. The summed E-state index contributed by atoms with van der Waals surface area (Å²) in [6.45, 7) is 1.29. The van der Waals surface area contributed by atoms with Crippen molar-refractivity contribution in [3.63, 3.8) is 0 Å². The molecule has 174 valence electrons. The van der Waals surface area contributed by atoms with E-state index < -0.39 is 0 Å². The number of methoxy groups -OCH3 is 1. The number of nitrogens with one attached hydrogen (secondary N) is 1. The summed E-state index contributed by atoms with van der Waals surface area (Å²) < 4.78 is 12.9. The fourth-order valence-corrected chi connectivity index (χ4v) is 3.37. The van der Waals surface area contributed by atoms with Crippen LogP contribution in [-0.2, 0) is 0 Å². The zero-order valence-corrected chi connectivity index (χ0v) is 19.4. The summed E-state index contributed by atoms with van der Waals surface area (Å²) in [6, 6.07) is 20.8. The van der Waals surface area contributed by atoms with Gasteiger partial charge in [0, 0.05) is 23.9 Å². The number of hydrogen-bond acceptors (Lipinski definition) is 6. The number of hydrogen-bond donors (Lipinski definition) is 1. The van der Waals surface area contributed by atoms with Crippen LogP contribution < -0.4 is 14.8 Å². The second-order valence-electron chi connectivity index (χ2n) is 7.94. The molecule has 0 bridgehead atoms. The number of nitrogens with zero attached hydrogens (tertiary/aromatic N) is 4. The number of benzene rings is 3. The lowest BCUT2D eigenvalue weighted by Crippen LogP contribution is -2.19. The van der Waals surface area contributed by atoms with Gasteiger partial charge in [-0.2, -0.15) is 5.10 Å². The number of amides is 1. The minimum Gasteiger partial charge on any atom is -0.493 e. The van der Waals surface area contributed by atoms with E-state index in [1.165, 1.54) is 6.33 Å². The van der Waals surface area contributed by atoms with Crippen LogP contribution >= 0.6 is 0 Å². The third-order valence-electron chi connectivity index (χ3n) is 5.25. The van der Waals surface area contributed by atoms with E-state index in [1.54, 1.807) is 36.3 Å². The molecule has 0 saturated heterocycles. The van der Waals surface area contributed by atoms with Gasteiger partial charge >= 0.3 is 0 Å². The topological polar surface area (TPSA) is 81.5 Å². The molecule has 0 aliphatic rings. The summed E-state index contributed by atoms with van der Waals surface area (Å²) in [5.74, 6) is 1.01. The Morgan fingerprint density at radius 3 is 2.29 bits per heavy atom. The number of carbonyl (C=O) groups excluding carboxylic acids is 1. The molecule has 1 N–H and O–H groups in total. The van der Waals surface area contributed by atoms with Crippen LogP contribution in [0.5, 0.6) is 11.5 Å². The molecule has 34 heavy (non-hydrogen) atoms. The van der Waals surface area contributed by atoms with Gasteiger partial charge in [0.05, 0.1) is 12.8 Å². The Bertz CT molecular complexity index is 1220. The molecule has 1 heterocycles. The first kappa shape index (κ1) is 23.0. The quantitative estimate of drug-likeness (QED) is 0.407. The van der Waals surface area contributed by atoms with E-state index in [9.17, 15) is 4.79 Å². The highest BCUT2D eigenvalue weighted by atomic mass is 16.5. The average Bonchev–Trinajstić information content (AvgIpc) is 3.39. The summed E-state index contributed by atoms with van der Waals surface area (Å²) in [4.78, 5) is 18.8. The van der Waals surface area contributed by atoms with Gasteiger partial charge in [-0.3, -0.25) is 4.79 Å². The Balaban J connectivity index is 1.42. The highest BCUT2D eigenvalue weighted by molar-refractivity contribution is 6.04. The standard InChI is InChI=1S/C26H27N5O3/c1-30(2)14-15-34-25-16-22(10-13-24(25)33-3)29-26(32)21-6-4-19(5-7-21)20-8-11-23(12-9-20)31-18-27-17-28-31/h4-13,16-18H,14-15H2,1-3H3,(H,29,32). The molecule has 0 aliphatic heterocycles. The average molecular weight is 458 g/mol. The van der Waals surface area contributed by atoms with Crippen LogP contribution in [0.2, 0.25) is 0 Å². The third kappa shape index (κ3) is 5.60. The Kier molecular flexibility index (Phi) is 7.19. The maximum Gasteiger partial charge on any atom is 0.255 e. The molecule has 1 aromatic heterocycles. The van der Waals surface area contributed by atoms with Gasteiger partial charge in [0.2, 0.25) is 0 Å². The van der Waals surface area contributed by atoms with Crippen LogP contribution in [0.4, 0.5) is 5.69 Å². The molecule has 0 saturated carbocycles. The van der Waals surface area contributed by atoms with Crippen molar-refractivity contribution in [1.29, 1.82) is 0 Å². The predicted molar refractivity (Wildman–Crippen MR) is 132 cm³/mol. The molecule has 0 aliphatic carbocycles. The maximum atomic E-state index is 12.8. The van der Waals surface area contributed by atoms with Crippen LogP contribution in [-0.4, -0.2) is 59.9 Å². The lowest BCUT2D eigenvalue weighted by Gasteiger charge is -2.15. The number of carbonyl (C=O) groups is 1. The lowest BCUT2D eigenvalue weighted by molar-refractivity contribution is 0.102. The van der Waals surface area contributed by atoms with Gasteiger partial charge in [-0.15, -0.1) is 0 Å². The van der Waals surface area contributed by atoms with E-state index in [1.807, 2.05) is 67.5 Å². The van der Waals surface area contributed by atoms with Crippen LogP contribution in [0.3, 0.4) is 0 Å². The molecule has 1 amide bonds. The summed E-state index contributed by atoms with van der Waals surface area (Å²) >= 11 is 0. The molecule has 3 aromatic carbocycles. The van der Waals surface area contributed by atoms with Crippen molar-refractivity contribution < 1.29 is 14.3 Å². The van der Waals surface area contributed by atoms with Gasteiger partial charge in [0.15, 0.2) is 11.5 Å². The molecule has 4 rings (SSSR count). The Hall–Kier alpha value is -4.17. The first-order valence-corrected chi connectivity index (χ1v) is 10.9. The third-order valence-corrected chi connectivity index (χ3v) is 5.25. The van der Waals surface area contributed by atoms with Crippen molar-refractivity contribution in [1.82, 2.24) is 19.7 Å². The van der Waals surface area contributed by atoms with Crippen LogP contribution in [0.25, 0.3) is 16.8 Å². The first-order chi connectivity index (χ1) is 16.5. The van der Waals surface area contributed by atoms with Gasteiger partial charge < -0.3 is 19.7 Å². The van der Waals surface area contributed by atoms with Crippen molar-refractivity contribution >= 4 is 11.6 Å². The van der Waals surface area contributed by atoms with Gasteiger partial charge in [0.25, 0.3) is 5.91 Å². The van der Waals surface area contributed by atoms with E-state index in [2.05, 4.69) is 15.4 Å². The van der Waals surface area contributed by atoms with E-state index in [0.29, 0.717) is 29.4 Å². The summed E-state index contributed by atoms with van der Waals surface area (Å²) in [5, 5.41) is 7.07. The fourth-order valence-electron chi connectivity index (χ4n) is 3.37. The summed E-state index contributed by atoms with van der Waals surface area (Å²) in [6.07, 6.45) is 3.16. The first-order valence-electron chi connectivity index (χ1n) is 10.9. The second kappa shape index (κ2) is 10.6. The van der Waals surface area contributed by atoms with E-state index in [4.69, 9.17) is 9.47 Å². The minimum atomic E-state index is -0.197. The number of ether oxygens (including phenoxy) is 2. The molecule has 8 nitrogen and oxygen atoms in total. The predicted octanol–water partition coefficient (Wildman–Crippen LogP) is 4.14. The normalized spacial score (nSPS) is 10.8. The fraction of sp³-hybridized carbons (Fsp3) is 0.192. The van der Waals surface area contributed by atoms with Gasteiger partial charge in [-0.05, 0) is 61.6 Å². The van der Waals surface area contributed by atoms with Crippen molar-refractivity contribution in [2.75, 3.05) is 39.7 Å².